The number of anilines is 1. The highest BCUT2D eigenvalue weighted by Gasteiger charge is 2.49. The molecule has 2 amide bonds. The zero-order valence-electron chi connectivity index (χ0n) is 15.1. The van der Waals surface area contributed by atoms with Gasteiger partial charge in [0.25, 0.3) is 5.91 Å². The molecule has 2 aromatic rings. The number of amides is 2. The summed E-state index contributed by atoms with van der Waals surface area (Å²) < 4.78 is 0. The Morgan fingerprint density at radius 2 is 1.85 bits per heavy atom. The summed E-state index contributed by atoms with van der Waals surface area (Å²) in [6.45, 7) is 6.11. The van der Waals surface area contributed by atoms with Crippen LogP contribution in [0, 0.1) is 12.8 Å². The number of hydrogen-bond donors (Lipinski definition) is 2. The van der Waals surface area contributed by atoms with E-state index in [2.05, 4.69) is 34.6 Å². The van der Waals surface area contributed by atoms with Gasteiger partial charge < -0.3 is 10.6 Å². The van der Waals surface area contributed by atoms with Crippen LogP contribution in [0.15, 0.2) is 48.5 Å². The number of aryl methyl sites for hydroxylation is 1. The third-order valence-corrected chi connectivity index (χ3v) is 5.56. The molecule has 0 aliphatic carbocycles. The number of nitrogens with one attached hydrogen (secondary N) is 2. The molecule has 0 spiro atoms. The molecule has 5 heteroatoms. The van der Waals surface area contributed by atoms with Crippen molar-refractivity contribution < 1.29 is 9.59 Å². The predicted octanol–water partition coefficient (Wildman–Crippen LogP) is 2.57. The Kier molecular flexibility index (Phi) is 4.04. The molecule has 2 aliphatic rings. The number of para-hydroxylation sites is 1. The summed E-state index contributed by atoms with van der Waals surface area (Å²) >= 11 is 0. The van der Waals surface area contributed by atoms with E-state index in [1.807, 2.05) is 31.2 Å². The van der Waals surface area contributed by atoms with Gasteiger partial charge >= 0.3 is 0 Å². The molecular weight excluding hydrogens is 326 g/mol. The SMILES string of the molecule is Cc1ccccc1CN1C[C@H]2C(=O)Nc3ccccc3C(=O)N[C@@]2(C)C1. The van der Waals surface area contributed by atoms with Gasteiger partial charge in [-0.05, 0) is 37.1 Å². The average Bonchev–Trinajstić information content (AvgIpc) is 2.92. The van der Waals surface area contributed by atoms with Crippen LogP contribution in [0.3, 0.4) is 0 Å². The first kappa shape index (κ1) is 16.8. The minimum Gasteiger partial charge on any atom is -0.345 e. The van der Waals surface area contributed by atoms with Crippen molar-refractivity contribution in [3.63, 3.8) is 0 Å². The van der Waals surface area contributed by atoms with Crippen molar-refractivity contribution in [2.45, 2.75) is 25.9 Å². The zero-order valence-corrected chi connectivity index (χ0v) is 15.1. The number of likely N-dealkylation sites (tertiary alicyclic amines) is 1. The topological polar surface area (TPSA) is 61.4 Å². The first-order valence-corrected chi connectivity index (χ1v) is 8.95. The third kappa shape index (κ3) is 2.88. The van der Waals surface area contributed by atoms with Gasteiger partial charge in [-0.3, -0.25) is 14.5 Å². The Hall–Kier alpha value is -2.66. The summed E-state index contributed by atoms with van der Waals surface area (Å²) in [7, 11) is 0. The maximum atomic E-state index is 12.9. The van der Waals surface area contributed by atoms with Gasteiger partial charge in [0.15, 0.2) is 0 Å². The lowest BCUT2D eigenvalue weighted by atomic mass is 9.86. The van der Waals surface area contributed by atoms with Gasteiger partial charge in [-0.15, -0.1) is 0 Å². The fraction of sp³-hybridized carbons (Fsp3) is 0.333. The van der Waals surface area contributed by atoms with E-state index < -0.39 is 5.54 Å². The van der Waals surface area contributed by atoms with Crippen molar-refractivity contribution in [2.24, 2.45) is 5.92 Å². The molecule has 4 rings (SSSR count). The predicted molar refractivity (Wildman–Crippen MR) is 101 cm³/mol. The molecular formula is C21H23N3O2. The van der Waals surface area contributed by atoms with E-state index in [0.29, 0.717) is 24.3 Å². The van der Waals surface area contributed by atoms with Crippen molar-refractivity contribution in [3.05, 3.63) is 65.2 Å². The van der Waals surface area contributed by atoms with E-state index in [-0.39, 0.29) is 17.7 Å². The quantitative estimate of drug-likeness (QED) is 0.876. The Labute approximate surface area is 153 Å². The van der Waals surface area contributed by atoms with Gasteiger partial charge in [-0.1, -0.05) is 36.4 Å². The summed E-state index contributed by atoms with van der Waals surface area (Å²) in [5.74, 6) is -0.457. The molecule has 2 atom stereocenters. The van der Waals surface area contributed by atoms with Gasteiger partial charge in [0.2, 0.25) is 5.91 Å². The van der Waals surface area contributed by atoms with Crippen molar-refractivity contribution >= 4 is 17.5 Å². The fourth-order valence-electron chi connectivity index (χ4n) is 4.08. The molecule has 0 bridgehead atoms. The molecule has 0 saturated carbocycles. The van der Waals surface area contributed by atoms with Crippen molar-refractivity contribution in [1.82, 2.24) is 10.2 Å². The number of benzene rings is 2. The van der Waals surface area contributed by atoms with Crippen LogP contribution in [0.1, 0.15) is 28.4 Å². The second kappa shape index (κ2) is 6.25. The largest absolute Gasteiger partial charge is 0.345 e. The van der Waals surface area contributed by atoms with Crippen LogP contribution in [0.5, 0.6) is 0 Å². The van der Waals surface area contributed by atoms with Crippen molar-refractivity contribution in [1.29, 1.82) is 0 Å². The van der Waals surface area contributed by atoms with Gasteiger partial charge in [0.05, 0.1) is 22.7 Å². The number of rotatable bonds is 2. The van der Waals surface area contributed by atoms with E-state index in [1.165, 1.54) is 11.1 Å². The first-order valence-electron chi connectivity index (χ1n) is 8.95. The van der Waals surface area contributed by atoms with Gasteiger partial charge in [0.1, 0.15) is 0 Å². The fourth-order valence-corrected chi connectivity index (χ4v) is 4.08. The highest BCUT2D eigenvalue weighted by atomic mass is 16.2. The van der Waals surface area contributed by atoms with Crippen LogP contribution >= 0.6 is 0 Å². The summed E-state index contributed by atoms with van der Waals surface area (Å²) in [6, 6.07) is 15.4. The van der Waals surface area contributed by atoms with Crippen LogP contribution in [0.25, 0.3) is 0 Å². The molecule has 1 saturated heterocycles. The number of fused-ring (bicyclic) bond motifs is 2. The van der Waals surface area contributed by atoms with Crippen molar-refractivity contribution in [3.8, 4) is 0 Å². The lowest BCUT2D eigenvalue weighted by Crippen LogP contribution is -2.56. The van der Waals surface area contributed by atoms with E-state index >= 15 is 0 Å². The maximum absolute atomic E-state index is 12.9. The van der Waals surface area contributed by atoms with E-state index in [4.69, 9.17) is 0 Å². The summed E-state index contributed by atoms with van der Waals surface area (Å²) in [5, 5.41) is 6.09. The molecule has 2 aromatic carbocycles. The molecule has 134 valence electrons. The molecule has 2 heterocycles. The number of nitrogens with zero attached hydrogens (tertiary/aromatic N) is 1. The van der Waals surface area contributed by atoms with Gasteiger partial charge in [-0.2, -0.15) is 0 Å². The van der Waals surface area contributed by atoms with E-state index in [9.17, 15) is 9.59 Å². The van der Waals surface area contributed by atoms with Crippen LogP contribution in [0.2, 0.25) is 0 Å². The normalized spacial score (nSPS) is 25.5. The highest BCUT2D eigenvalue weighted by Crippen LogP contribution is 2.33. The summed E-state index contributed by atoms with van der Waals surface area (Å²) in [6.07, 6.45) is 0. The standard InChI is InChI=1S/C21H23N3O2/c1-14-7-3-4-8-15(14)11-24-12-17-20(26)22-18-10-6-5-9-16(18)19(25)23-21(17,2)13-24/h3-10,17H,11-13H2,1-2H3,(H,22,26)(H,23,25)/t17-,21-/m0/s1. The van der Waals surface area contributed by atoms with Gasteiger partial charge in [-0.25, -0.2) is 0 Å². The lowest BCUT2D eigenvalue weighted by molar-refractivity contribution is -0.121. The van der Waals surface area contributed by atoms with Crippen molar-refractivity contribution in [2.75, 3.05) is 18.4 Å². The van der Waals surface area contributed by atoms with Crippen LogP contribution in [-0.2, 0) is 11.3 Å². The van der Waals surface area contributed by atoms with Gasteiger partial charge in [0, 0.05) is 19.6 Å². The smallest absolute Gasteiger partial charge is 0.253 e. The third-order valence-electron chi connectivity index (χ3n) is 5.56. The molecule has 0 unspecified atom stereocenters. The Bertz CT molecular complexity index is 879. The molecule has 5 nitrogen and oxygen atoms in total. The Balaban J connectivity index is 1.62. The summed E-state index contributed by atoms with van der Waals surface area (Å²) in [4.78, 5) is 27.9. The van der Waals surface area contributed by atoms with Crippen LogP contribution in [0.4, 0.5) is 5.69 Å². The molecule has 0 radical (unpaired) electrons. The van der Waals surface area contributed by atoms with E-state index in [1.54, 1.807) is 12.1 Å². The Morgan fingerprint density at radius 3 is 2.65 bits per heavy atom. The maximum Gasteiger partial charge on any atom is 0.253 e. The zero-order chi connectivity index (χ0) is 18.3. The second-order valence-electron chi connectivity index (χ2n) is 7.56. The minimum absolute atomic E-state index is 0.0350. The molecule has 2 N–H and O–H groups in total. The molecule has 2 aliphatic heterocycles. The van der Waals surface area contributed by atoms with Crippen LogP contribution < -0.4 is 10.6 Å². The number of carbonyl (C=O) groups is 2. The molecule has 26 heavy (non-hydrogen) atoms. The van der Waals surface area contributed by atoms with Crippen LogP contribution in [-0.4, -0.2) is 35.3 Å². The Morgan fingerprint density at radius 1 is 1.12 bits per heavy atom. The summed E-state index contributed by atoms with van der Waals surface area (Å²) in [5.41, 5.74) is 2.99. The highest BCUT2D eigenvalue weighted by molar-refractivity contribution is 6.06. The average molecular weight is 349 g/mol. The minimum atomic E-state index is -0.586. The second-order valence-corrected chi connectivity index (χ2v) is 7.56. The number of hydrogen-bond acceptors (Lipinski definition) is 3. The monoisotopic (exact) mass is 349 g/mol. The van der Waals surface area contributed by atoms with E-state index in [0.717, 1.165) is 6.54 Å². The number of carbonyl (C=O) groups excluding carboxylic acids is 2. The first-order chi connectivity index (χ1) is 12.5. The lowest BCUT2D eigenvalue weighted by Gasteiger charge is -2.33. The molecule has 1 fully saturated rings. The molecule has 0 aromatic heterocycles.